The van der Waals surface area contributed by atoms with Gasteiger partial charge in [-0.05, 0) is 73.0 Å². The quantitative estimate of drug-likeness (QED) is 0.483. The molecule has 2 saturated carbocycles. The molecule has 3 aliphatic rings. The van der Waals surface area contributed by atoms with E-state index in [4.69, 9.17) is 0 Å². The van der Waals surface area contributed by atoms with Crippen LogP contribution < -0.4 is 0 Å². The summed E-state index contributed by atoms with van der Waals surface area (Å²) in [6.07, 6.45) is 8.72. The van der Waals surface area contributed by atoms with Gasteiger partial charge in [-0.25, -0.2) is 0 Å². The van der Waals surface area contributed by atoms with E-state index in [1.807, 2.05) is 0 Å². The molecule has 3 rings (SSSR count). The molecule has 2 aliphatic carbocycles. The molecule has 1 saturated heterocycles. The Hall–Kier alpha value is -0.0800. The van der Waals surface area contributed by atoms with Gasteiger partial charge in [-0.2, -0.15) is 0 Å². The highest BCUT2D eigenvalue weighted by molar-refractivity contribution is 4.98. The standard InChI is InChI=1S/C27H52N2/c1-18(2)22-11-9-12-23(19(3)4)26(22)28-15-16-29(17-28)27-24(20(5)6)13-10-14-25(27)21(7)8/h18-27H,9-17H2,1-8H3. The summed E-state index contributed by atoms with van der Waals surface area (Å²) >= 11 is 0. The molecule has 0 radical (unpaired) electrons. The van der Waals surface area contributed by atoms with E-state index < -0.39 is 0 Å². The summed E-state index contributed by atoms with van der Waals surface area (Å²) < 4.78 is 0. The Bertz CT molecular complexity index is 421. The molecule has 4 atom stereocenters. The van der Waals surface area contributed by atoms with Gasteiger partial charge < -0.3 is 0 Å². The summed E-state index contributed by atoms with van der Waals surface area (Å²) in [4.78, 5) is 5.91. The molecule has 0 aromatic heterocycles. The fourth-order valence-corrected chi connectivity index (χ4v) is 7.61. The van der Waals surface area contributed by atoms with Crippen molar-refractivity contribution in [3.8, 4) is 0 Å². The lowest BCUT2D eigenvalue weighted by atomic mass is 9.67. The van der Waals surface area contributed by atoms with Crippen molar-refractivity contribution in [2.75, 3.05) is 19.8 Å². The summed E-state index contributed by atoms with van der Waals surface area (Å²) in [5.41, 5.74) is 0. The summed E-state index contributed by atoms with van der Waals surface area (Å²) in [5.74, 6) is 6.84. The topological polar surface area (TPSA) is 6.48 Å². The van der Waals surface area contributed by atoms with Crippen LogP contribution in [0, 0.1) is 47.3 Å². The molecule has 0 N–H and O–H groups in total. The second kappa shape index (κ2) is 10.0. The van der Waals surface area contributed by atoms with Gasteiger partial charge in [-0.15, -0.1) is 0 Å². The van der Waals surface area contributed by atoms with E-state index in [1.165, 1.54) is 58.3 Å². The average molecular weight is 405 g/mol. The SMILES string of the molecule is CC(C)C1CCCC(C(C)C)C1N1CCN(C2C(C(C)C)CCCC2C(C)C)C1. The zero-order chi connectivity index (χ0) is 21.3. The maximum atomic E-state index is 2.96. The summed E-state index contributed by atoms with van der Waals surface area (Å²) in [7, 11) is 0. The highest BCUT2D eigenvalue weighted by Gasteiger charge is 2.46. The van der Waals surface area contributed by atoms with Crippen LogP contribution in [0.25, 0.3) is 0 Å². The van der Waals surface area contributed by atoms with Crippen LogP contribution in [0.3, 0.4) is 0 Å². The number of rotatable bonds is 6. The summed E-state index contributed by atoms with van der Waals surface area (Å²) in [6.45, 7) is 23.7. The van der Waals surface area contributed by atoms with Gasteiger partial charge >= 0.3 is 0 Å². The molecule has 2 nitrogen and oxygen atoms in total. The van der Waals surface area contributed by atoms with Gasteiger partial charge in [0.05, 0.1) is 6.67 Å². The average Bonchev–Trinajstić information content (AvgIpc) is 3.15. The van der Waals surface area contributed by atoms with E-state index in [2.05, 4.69) is 65.2 Å². The van der Waals surface area contributed by atoms with Crippen molar-refractivity contribution in [3.05, 3.63) is 0 Å². The third-order valence-corrected chi connectivity index (χ3v) is 9.21. The van der Waals surface area contributed by atoms with Crippen molar-refractivity contribution in [3.63, 3.8) is 0 Å². The van der Waals surface area contributed by atoms with Gasteiger partial charge in [-0.1, -0.05) is 68.2 Å². The van der Waals surface area contributed by atoms with Crippen LogP contribution in [-0.2, 0) is 0 Å². The van der Waals surface area contributed by atoms with Gasteiger partial charge in [-0.3, -0.25) is 9.80 Å². The van der Waals surface area contributed by atoms with Crippen molar-refractivity contribution in [2.24, 2.45) is 47.3 Å². The predicted molar refractivity (Wildman–Crippen MR) is 127 cm³/mol. The van der Waals surface area contributed by atoms with Crippen LogP contribution in [0.5, 0.6) is 0 Å². The van der Waals surface area contributed by atoms with E-state index in [0.717, 1.165) is 59.4 Å². The first kappa shape index (κ1) is 23.6. The van der Waals surface area contributed by atoms with Gasteiger partial charge in [0.15, 0.2) is 0 Å². The highest BCUT2D eigenvalue weighted by atomic mass is 15.4. The number of hydrogen-bond donors (Lipinski definition) is 0. The van der Waals surface area contributed by atoms with Gasteiger partial charge in [0.2, 0.25) is 0 Å². The zero-order valence-electron chi connectivity index (χ0n) is 21.0. The molecule has 0 bridgehead atoms. The largest absolute Gasteiger partial charge is 0.286 e. The van der Waals surface area contributed by atoms with Gasteiger partial charge in [0, 0.05) is 25.2 Å². The Kier molecular flexibility index (Phi) is 8.15. The van der Waals surface area contributed by atoms with Crippen LogP contribution in [0.2, 0.25) is 0 Å². The Morgan fingerprint density at radius 1 is 0.483 bits per heavy atom. The molecule has 0 aromatic carbocycles. The molecule has 3 fully saturated rings. The lowest BCUT2D eigenvalue weighted by molar-refractivity contribution is -0.0120. The number of nitrogens with zero attached hydrogens (tertiary/aromatic N) is 2. The molecule has 29 heavy (non-hydrogen) atoms. The molecule has 1 aliphatic heterocycles. The first-order chi connectivity index (χ1) is 13.7. The molecule has 0 spiro atoms. The number of hydrogen-bond acceptors (Lipinski definition) is 2. The van der Waals surface area contributed by atoms with Crippen molar-refractivity contribution in [1.82, 2.24) is 9.80 Å². The molecular formula is C27H52N2. The third kappa shape index (κ3) is 5.05. The van der Waals surface area contributed by atoms with Gasteiger partial charge in [0.1, 0.15) is 0 Å². The first-order valence-electron chi connectivity index (χ1n) is 13.2. The van der Waals surface area contributed by atoms with Crippen LogP contribution in [-0.4, -0.2) is 41.6 Å². The second-order valence-electron chi connectivity index (χ2n) is 12.2. The predicted octanol–water partition coefficient (Wildman–Crippen LogP) is 6.76. The third-order valence-electron chi connectivity index (χ3n) is 9.21. The molecule has 0 aromatic rings. The van der Waals surface area contributed by atoms with E-state index in [1.54, 1.807) is 0 Å². The normalized spacial score (nSPS) is 38.1. The Morgan fingerprint density at radius 3 is 1.00 bits per heavy atom. The van der Waals surface area contributed by atoms with Crippen molar-refractivity contribution in [1.29, 1.82) is 0 Å². The van der Waals surface area contributed by atoms with Crippen LogP contribution in [0.4, 0.5) is 0 Å². The van der Waals surface area contributed by atoms with Crippen molar-refractivity contribution < 1.29 is 0 Å². The second-order valence-corrected chi connectivity index (χ2v) is 12.2. The highest BCUT2D eigenvalue weighted by Crippen LogP contribution is 2.44. The Labute approximate surface area is 183 Å². The van der Waals surface area contributed by atoms with E-state index in [-0.39, 0.29) is 0 Å². The lowest BCUT2D eigenvalue weighted by Crippen LogP contribution is -2.53. The molecule has 170 valence electrons. The molecule has 2 heteroatoms. The monoisotopic (exact) mass is 404 g/mol. The maximum Gasteiger partial charge on any atom is 0.0513 e. The zero-order valence-corrected chi connectivity index (χ0v) is 21.0. The molecule has 1 heterocycles. The molecule has 4 unspecified atom stereocenters. The van der Waals surface area contributed by atoms with E-state index >= 15 is 0 Å². The Morgan fingerprint density at radius 2 is 0.759 bits per heavy atom. The minimum Gasteiger partial charge on any atom is -0.286 e. The minimum atomic E-state index is 0.812. The van der Waals surface area contributed by atoms with Crippen molar-refractivity contribution in [2.45, 2.75) is 106 Å². The van der Waals surface area contributed by atoms with Gasteiger partial charge in [0.25, 0.3) is 0 Å². The van der Waals surface area contributed by atoms with Crippen LogP contribution in [0.15, 0.2) is 0 Å². The minimum absolute atomic E-state index is 0.812. The van der Waals surface area contributed by atoms with Crippen LogP contribution in [0.1, 0.15) is 93.9 Å². The van der Waals surface area contributed by atoms with Crippen LogP contribution >= 0.6 is 0 Å². The smallest absolute Gasteiger partial charge is 0.0513 e. The molecule has 0 amide bonds. The first-order valence-corrected chi connectivity index (χ1v) is 13.2. The van der Waals surface area contributed by atoms with Crippen molar-refractivity contribution >= 4 is 0 Å². The van der Waals surface area contributed by atoms with E-state index in [0.29, 0.717) is 0 Å². The Balaban J connectivity index is 1.80. The lowest BCUT2D eigenvalue weighted by Gasteiger charge is -2.49. The van der Waals surface area contributed by atoms with E-state index in [9.17, 15) is 0 Å². The fourth-order valence-electron chi connectivity index (χ4n) is 7.61. The maximum absolute atomic E-state index is 2.96. The fraction of sp³-hybridized carbons (Fsp3) is 1.00. The summed E-state index contributed by atoms with van der Waals surface area (Å²) in [5, 5.41) is 0. The molecular weight excluding hydrogens is 352 g/mol. The summed E-state index contributed by atoms with van der Waals surface area (Å²) in [6, 6.07) is 1.62.